The van der Waals surface area contributed by atoms with Crippen LogP contribution in [0.1, 0.15) is 0 Å². The molecule has 0 fully saturated rings. The first-order valence-corrected chi connectivity index (χ1v) is 3.44. The van der Waals surface area contributed by atoms with Gasteiger partial charge in [0.2, 0.25) is 0 Å². The Morgan fingerprint density at radius 1 is 1.70 bits per heavy atom. The number of hydrogen-bond acceptors (Lipinski definition) is 4. The van der Waals surface area contributed by atoms with Gasteiger partial charge in [0.25, 0.3) is 0 Å². The van der Waals surface area contributed by atoms with Crippen molar-refractivity contribution < 1.29 is 23.1 Å². The second kappa shape index (κ2) is 6.65. The van der Waals surface area contributed by atoms with E-state index in [1.807, 2.05) is 5.90 Å². The average molecular weight is 171 g/mol. The van der Waals surface area contributed by atoms with Gasteiger partial charge < -0.3 is 11.1 Å². The molecule has 0 saturated carbocycles. The van der Waals surface area contributed by atoms with E-state index in [9.17, 15) is 8.42 Å². The lowest BCUT2D eigenvalue weighted by molar-refractivity contribution is -0.275. The highest BCUT2D eigenvalue weighted by Crippen LogP contribution is 1.83. The first kappa shape index (κ1) is 12.2. The molecule has 0 heterocycles. The summed E-state index contributed by atoms with van der Waals surface area (Å²) in [5.74, 6) is 2.00. The smallest absolute Gasteiger partial charge is 0.397 e. The number of rotatable bonds is 3. The van der Waals surface area contributed by atoms with E-state index in [0.717, 1.165) is 0 Å². The average Bonchev–Trinajstić information content (AvgIpc) is 1.87. The second-order valence-electron chi connectivity index (χ2n) is 1.00. The van der Waals surface area contributed by atoms with Gasteiger partial charge >= 0.3 is 10.4 Å². The van der Waals surface area contributed by atoms with E-state index in [-0.39, 0.29) is 6.61 Å². The van der Waals surface area contributed by atoms with Crippen LogP contribution in [0.2, 0.25) is 0 Å². The molecule has 0 amide bonds. The highest BCUT2D eigenvalue weighted by atomic mass is 32.3. The summed E-state index contributed by atoms with van der Waals surface area (Å²) in [4.78, 5) is 0. The van der Waals surface area contributed by atoms with Gasteiger partial charge in [0.1, 0.15) is 0 Å². The van der Waals surface area contributed by atoms with Crippen LogP contribution in [-0.4, -0.2) is 19.6 Å². The fourth-order valence-electron chi connectivity index (χ4n) is 0.134. The van der Waals surface area contributed by atoms with E-state index in [1.165, 1.54) is 6.08 Å². The minimum absolute atomic E-state index is 0.196. The molecule has 0 aliphatic rings. The van der Waals surface area contributed by atoms with Crippen molar-refractivity contribution in [1.82, 2.24) is 0 Å². The summed E-state index contributed by atoms with van der Waals surface area (Å²) in [6, 6.07) is 0. The van der Waals surface area contributed by atoms with Crippen molar-refractivity contribution in [2.75, 3.05) is 6.61 Å². The first-order valence-electron chi connectivity index (χ1n) is 2.08. The topological polar surface area (TPSA) is 114 Å². The van der Waals surface area contributed by atoms with Crippen molar-refractivity contribution in [2.24, 2.45) is 0 Å². The molecule has 10 heavy (non-hydrogen) atoms. The predicted molar refractivity (Wildman–Crippen MR) is 34.0 cm³/mol. The van der Waals surface area contributed by atoms with E-state index in [0.29, 0.717) is 0 Å². The van der Waals surface area contributed by atoms with Crippen LogP contribution in [0.5, 0.6) is 0 Å². The third-order valence-corrected chi connectivity index (χ3v) is 0.769. The highest BCUT2D eigenvalue weighted by Gasteiger charge is 1.99. The quantitative estimate of drug-likeness (QED) is 0.311. The predicted octanol–water partition coefficient (Wildman–Crippen LogP) is -1.28. The zero-order valence-corrected chi connectivity index (χ0v) is 6.00. The van der Waals surface area contributed by atoms with Crippen LogP contribution in [0.25, 0.3) is 0 Å². The minimum Gasteiger partial charge on any atom is -0.637 e. The molecule has 0 bridgehead atoms. The first-order chi connectivity index (χ1) is 4.56. The Balaban J connectivity index is 0. The fourth-order valence-corrected chi connectivity index (χ4v) is 0.402. The van der Waals surface area contributed by atoms with Gasteiger partial charge in [-0.25, -0.2) is 4.18 Å². The van der Waals surface area contributed by atoms with Gasteiger partial charge in [-0.3, -0.25) is 4.55 Å². The van der Waals surface area contributed by atoms with E-state index >= 15 is 0 Å². The molecule has 0 atom stereocenters. The molecular weight excluding hydrogens is 162 g/mol. The Morgan fingerprint density at radius 3 is 2.20 bits per heavy atom. The van der Waals surface area contributed by atoms with Crippen molar-refractivity contribution in [1.29, 1.82) is 0 Å². The van der Waals surface area contributed by atoms with Crippen molar-refractivity contribution in [3.8, 4) is 0 Å². The molecule has 0 aromatic rings. The largest absolute Gasteiger partial charge is 0.637 e. The van der Waals surface area contributed by atoms with Gasteiger partial charge in [0.15, 0.2) is 0 Å². The van der Waals surface area contributed by atoms with Crippen LogP contribution < -0.4 is 5.90 Å². The van der Waals surface area contributed by atoms with Gasteiger partial charge in [-0.2, -0.15) is 8.42 Å². The minimum atomic E-state index is -4.26. The summed E-state index contributed by atoms with van der Waals surface area (Å²) in [7, 11) is -4.26. The lowest BCUT2D eigenvalue weighted by Gasteiger charge is -1.90. The molecule has 0 aromatic heterocycles. The molecule has 0 spiro atoms. The summed E-state index contributed by atoms with van der Waals surface area (Å²) in [5.41, 5.74) is 0. The molecule has 0 unspecified atom stereocenters. The van der Waals surface area contributed by atoms with Gasteiger partial charge in [-0.1, -0.05) is 6.08 Å². The fraction of sp³-hybridized carbons (Fsp3) is 0.333. The standard InChI is InChI=1S/C3H6O4S.H3NO/c1-2-3-7-8(4,5)6;1-2/h2H,1,3H2,(H,4,5,6);1H3. The molecule has 62 valence electrons. The molecule has 0 rings (SSSR count). The van der Waals surface area contributed by atoms with Crippen molar-refractivity contribution >= 4 is 10.4 Å². The molecule has 0 aromatic carbocycles. The lowest BCUT2D eigenvalue weighted by Crippen LogP contribution is -2.37. The van der Waals surface area contributed by atoms with Crippen LogP contribution in [0.4, 0.5) is 0 Å². The Kier molecular flexibility index (Phi) is 8.13. The maximum absolute atomic E-state index is 9.68. The second-order valence-corrected chi connectivity index (χ2v) is 2.09. The molecule has 4 N–H and O–H groups in total. The maximum atomic E-state index is 9.68. The summed E-state index contributed by atoms with van der Waals surface area (Å²) in [5, 5.41) is 8.00. The van der Waals surface area contributed by atoms with Gasteiger partial charge in [-0.05, 0) is 0 Å². The lowest BCUT2D eigenvalue weighted by atomic mass is 10.7. The molecule has 0 aliphatic heterocycles. The van der Waals surface area contributed by atoms with Gasteiger partial charge in [-0.15, -0.1) is 6.58 Å². The Bertz CT molecular complexity index is 162. The Labute approximate surface area is 58.8 Å². The summed E-state index contributed by atoms with van der Waals surface area (Å²) >= 11 is 0. The van der Waals surface area contributed by atoms with E-state index in [4.69, 9.17) is 9.76 Å². The van der Waals surface area contributed by atoms with E-state index in [1.54, 1.807) is 0 Å². The SMILES string of the molecule is C=CCOS(=O)(=O)O.[NH3+][O-]. The van der Waals surface area contributed by atoms with Crippen molar-refractivity contribution in [3.63, 3.8) is 0 Å². The molecule has 0 radical (unpaired) electrons. The van der Waals surface area contributed by atoms with Crippen molar-refractivity contribution in [2.45, 2.75) is 0 Å². The highest BCUT2D eigenvalue weighted by molar-refractivity contribution is 7.80. The van der Waals surface area contributed by atoms with Crippen LogP contribution in [0.3, 0.4) is 0 Å². The summed E-state index contributed by atoms with van der Waals surface area (Å²) in [6.07, 6.45) is 1.22. The monoisotopic (exact) mass is 171 g/mol. The van der Waals surface area contributed by atoms with Crippen molar-refractivity contribution in [3.05, 3.63) is 17.9 Å². The molecule has 0 aliphatic carbocycles. The normalized spacial score (nSPS) is 9.50. The third-order valence-electron chi connectivity index (χ3n) is 0.335. The van der Waals surface area contributed by atoms with E-state index < -0.39 is 10.4 Å². The zero-order valence-electron chi connectivity index (χ0n) is 5.19. The molecular formula is C3H9NO5S. The van der Waals surface area contributed by atoms with Gasteiger partial charge in [0, 0.05) is 0 Å². The maximum Gasteiger partial charge on any atom is 0.397 e. The molecule has 6 nitrogen and oxygen atoms in total. The molecule has 0 saturated heterocycles. The summed E-state index contributed by atoms with van der Waals surface area (Å²) in [6.45, 7) is 2.97. The van der Waals surface area contributed by atoms with Crippen LogP contribution in [0.15, 0.2) is 12.7 Å². The Hall–Kier alpha value is -0.470. The van der Waals surface area contributed by atoms with Crippen LogP contribution in [0, 0.1) is 5.21 Å². The van der Waals surface area contributed by atoms with Crippen LogP contribution in [-0.2, 0) is 14.6 Å². The third kappa shape index (κ3) is 15.6. The zero-order chi connectivity index (χ0) is 8.62. The van der Waals surface area contributed by atoms with Gasteiger partial charge in [0.05, 0.1) is 6.61 Å². The molecule has 7 heteroatoms. The number of hydrogen-bond donors (Lipinski definition) is 2. The van der Waals surface area contributed by atoms with Crippen LogP contribution >= 0.6 is 0 Å². The Morgan fingerprint density at radius 2 is 2.10 bits per heavy atom. The van der Waals surface area contributed by atoms with E-state index in [2.05, 4.69) is 10.8 Å². The summed E-state index contributed by atoms with van der Waals surface area (Å²) < 4.78 is 31.0. The number of quaternary nitrogens is 1.